The first-order chi connectivity index (χ1) is 11.2. The minimum Gasteiger partial charge on any atom is -0.337 e. The maximum Gasteiger partial charge on any atom is 0.325 e. The average Bonchev–Trinajstić information content (AvgIpc) is 2.96. The first kappa shape index (κ1) is 15.8. The third-order valence-corrected chi connectivity index (χ3v) is 4.98. The van der Waals surface area contributed by atoms with Gasteiger partial charge in [-0.05, 0) is 36.2 Å². The van der Waals surface area contributed by atoms with E-state index in [0.29, 0.717) is 13.0 Å². The molecule has 0 aliphatic rings. The number of carbonyl (C=O) groups is 1. The van der Waals surface area contributed by atoms with Crippen molar-refractivity contribution >= 4 is 39.5 Å². The maximum absolute atomic E-state index is 13.0. The van der Waals surface area contributed by atoms with E-state index < -0.39 is 0 Å². The van der Waals surface area contributed by atoms with Crippen molar-refractivity contribution in [2.75, 3.05) is 6.54 Å². The molecule has 7 heteroatoms. The monoisotopic (exact) mass is 347 g/mol. The molecule has 118 valence electrons. The van der Waals surface area contributed by atoms with E-state index in [2.05, 4.69) is 15.0 Å². The molecule has 0 aliphatic heterocycles. The van der Waals surface area contributed by atoms with Crippen molar-refractivity contribution in [3.05, 3.63) is 59.9 Å². The average molecular weight is 347 g/mol. The van der Waals surface area contributed by atoms with E-state index in [1.165, 1.54) is 35.4 Å². The van der Waals surface area contributed by atoms with Gasteiger partial charge in [-0.1, -0.05) is 24.3 Å². The summed E-state index contributed by atoms with van der Waals surface area (Å²) in [7, 11) is 0. The highest BCUT2D eigenvalue weighted by Crippen LogP contribution is 2.27. The van der Waals surface area contributed by atoms with Crippen molar-refractivity contribution in [1.82, 2.24) is 15.0 Å². The molecule has 0 radical (unpaired) electrons. The minimum absolute atomic E-state index is 0.265. The number of para-hydroxylation sites is 1. The van der Waals surface area contributed by atoms with Crippen LogP contribution in [0.2, 0.25) is 0 Å². The molecule has 0 bridgehead atoms. The number of nitrogens with one attached hydrogen (secondary N) is 2. The molecule has 0 saturated heterocycles. The number of rotatable bonds is 5. The molecule has 2 amide bonds. The van der Waals surface area contributed by atoms with Crippen LogP contribution in [0.25, 0.3) is 10.2 Å². The Balaban J connectivity index is 1.44. The summed E-state index contributed by atoms with van der Waals surface area (Å²) in [6.07, 6.45) is 0.580. The minimum atomic E-state index is -0.286. The Hall–Kier alpha value is -2.12. The highest BCUT2D eigenvalue weighted by atomic mass is 32.2. The smallest absolute Gasteiger partial charge is 0.325 e. The van der Waals surface area contributed by atoms with Gasteiger partial charge < -0.3 is 5.32 Å². The van der Waals surface area contributed by atoms with Crippen LogP contribution in [-0.4, -0.2) is 17.6 Å². The lowest BCUT2D eigenvalue weighted by Crippen LogP contribution is -2.32. The molecule has 0 atom stereocenters. The summed E-state index contributed by atoms with van der Waals surface area (Å²) < 4.78 is 17.6. The lowest BCUT2D eigenvalue weighted by atomic mass is 10.1. The van der Waals surface area contributed by atoms with Crippen LogP contribution >= 0.6 is 23.3 Å². The number of hydrogen-bond donors (Lipinski definition) is 2. The Labute approximate surface area is 141 Å². The summed E-state index contributed by atoms with van der Waals surface area (Å²) in [6.45, 7) is 0.440. The molecule has 0 unspecified atom stereocenters. The molecule has 1 heterocycles. The summed E-state index contributed by atoms with van der Waals surface area (Å²) in [6, 6.07) is 13.9. The topological polar surface area (TPSA) is 54.0 Å². The summed E-state index contributed by atoms with van der Waals surface area (Å²) in [4.78, 5) is 16.2. The summed E-state index contributed by atoms with van der Waals surface area (Å²) in [5.41, 5.74) is 1.78. The van der Waals surface area contributed by atoms with Gasteiger partial charge in [0.05, 0.1) is 10.2 Å². The SMILES string of the molecule is O=C(NCCc1cccc(F)c1)NSc1nc2ccccc2s1. The van der Waals surface area contributed by atoms with Gasteiger partial charge in [-0.15, -0.1) is 11.3 Å². The molecular weight excluding hydrogens is 333 g/mol. The number of nitrogens with zero attached hydrogens (tertiary/aromatic N) is 1. The highest BCUT2D eigenvalue weighted by Gasteiger charge is 2.06. The van der Waals surface area contributed by atoms with E-state index in [-0.39, 0.29) is 11.8 Å². The van der Waals surface area contributed by atoms with Crippen LogP contribution < -0.4 is 10.0 Å². The molecule has 0 saturated carbocycles. The third-order valence-electron chi connectivity index (χ3n) is 3.09. The van der Waals surface area contributed by atoms with Crippen molar-refractivity contribution in [3.63, 3.8) is 0 Å². The second kappa shape index (κ2) is 7.43. The first-order valence-corrected chi connectivity index (χ1v) is 8.65. The van der Waals surface area contributed by atoms with Crippen molar-refractivity contribution in [3.8, 4) is 0 Å². The zero-order chi connectivity index (χ0) is 16.1. The van der Waals surface area contributed by atoms with Gasteiger partial charge in [-0.25, -0.2) is 14.2 Å². The van der Waals surface area contributed by atoms with Crippen molar-refractivity contribution in [2.45, 2.75) is 10.8 Å². The zero-order valence-electron chi connectivity index (χ0n) is 12.1. The molecule has 2 N–H and O–H groups in total. The number of thiazole rings is 1. The maximum atomic E-state index is 13.0. The standard InChI is InChI=1S/C16H14FN3OS2/c17-12-5-3-4-11(10-12)8-9-18-15(21)20-23-16-19-13-6-1-2-7-14(13)22-16/h1-7,10H,8-9H2,(H2,18,20,21). The van der Waals surface area contributed by atoms with Gasteiger partial charge in [0.1, 0.15) is 5.82 Å². The van der Waals surface area contributed by atoms with E-state index in [9.17, 15) is 9.18 Å². The van der Waals surface area contributed by atoms with Crippen molar-refractivity contribution in [2.24, 2.45) is 0 Å². The van der Waals surface area contributed by atoms with Crippen LogP contribution in [0, 0.1) is 5.82 Å². The largest absolute Gasteiger partial charge is 0.337 e. The van der Waals surface area contributed by atoms with Gasteiger partial charge in [0.15, 0.2) is 4.34 Å². The van der Waals surface area contributed by atoms with Gasteiger partial charge in [-0.2, -0.15) is 0 Å². The Morgan fingerprint density at radius 1 is 1.22 bits per heavy atom. The quantitative estimate of drug-likeness (QED) is 0.686. The van der Waals surface area contributed by atoms with Crippen LogP contribution in [0.1, 0.15) is 5.56 Å². The fraction of sp³-hybridized carbons (Fsp3) is 0.125. The fourth-order valence-electron chi connectivity index (χ4n) is 2.03. The van der Waals surface area contributed by atoms with Gasteiger partial charge in [0.25, 0.3) is 0 Å². The Morgan fingerprint density at radius 2 is 2.09 bits per heavy atom. The molecule has 0 spiro atoms. The van der Waals surface area contributed by atoms with E-state index in [4.69, 9.17) is 0 Å². The normalized spacial score (nSPS) is 10.7. The second-order valence-corrected chi connectivity index (χ2v) is 6.87. The molecule has 4 nitrogen and oxygen atoms in total. The second-order valence-electron chi connectivity index (χ2n) is 4.79. The number of fused-ring (bicyclic) bond motifs is 1. The van der Waals surface area contributed by atoms with E-state index >= 15 is 0 Å². The van der Waals surface area contributed by atoms with E-state index in [0.717, 1.165) is 20.1 Å². The van der Waals surface area contributed by atoms with Crippen molar-refractivity contribution in [1.29, 1.82) is 0 Å². The predicted octanol–water partition coefficient (Wildman–Crippen LogP) is 3.98. The summed E-state index contributed by atoms with van der Waals surface area (Å²) in [5, 5.41) is 2.74. The van der Waals surface area contributed by atoms with Gasteiger partial charge >= 0.3 is 6.03 Å². The number of benzene rings is 2. The Bertz CT molecular complexity index is 789. The molecule has 0 fully saturated rings. The number of amides is 2. The number of hydrogen-bond acceptors (Lipinski definition) is 4. The molecule has 0 aliphatic carbocycles. The summed E-state index contributed by atoms with van der Waals surface area (Å²) in [5.74, 6) is -0.265. The number of carbonyl (C=O) groups excluding carboxylic acids is 1. The van der Waals surface area contributed by atoms with Crippen LogP contribution in [0.3, 0.4) is 0 Å². The molecule has 1 aromatic heterocycles. The summed E-state index contributed by atoms with van der Waals surface area (Å²) >= 11 is 2.72. The Kier molecular flexibility index (Phi) is 5.09. The third kappa shape index (κ3) is 4.43. The van der Waals surface area contributed by atoms with Crippen LogP contribution in [0.5, 0.6) is 0 Å². The first-order valence-electron chi connectivity index (χ1n) is 7.01. The van der Waals surface area contributed by atoms with Gasteiger partial charge in [0.2, 0.25) is 0 Å². The van der Waals surface area contributed by atoms with Crippen LogP contribution in [0.15, 0.2) is 52.9 Å². The zero-order valence-corrected chi connectivity index (χ0v) is 13.7. The molecule has 3 rings (SSSR count). The van der Waals surface area contributed by atoms with Crippen molar-refractivity contribution < 1.29 is 9.18 Å². The molecular formula is C16H14FN3OS2. The number of aromatic nitrogens is 1. The predicted molar refractivity (Wildman–Crippen MR) is 92.1 cm³/mol. The van der Waals surface area contributed by atoms with Gasteiger partial charge in [-0.3, -0.25) is 4.72 Å². The van der Waals surface area contributed by atoms with E-state index in [1.54, 1.807) is 6.07 Å². The fourth-order valence-corrected chi connectivity index (χ4v) is 3.69. The lowest BCUT2D eigenvalue weighted by Gasteiger charge is -2.05. The Morgan fingerprint density at radius 3 is 2.91 bits per heavy atom. The number of urea groups is 1. The molecule has 23 heavy (non-hydrogen) atoms. The molecule has 2 aromatic carbocycles. The van der Waals surface area contributed by atoms with Gasteiger partial charge in [0, 0.05) is 18.5 Å². The van der Waals surface area contributed by atoms with E-state index in [1.807, 2.05) is 30.3 Å². The van der Waals surface area contributed by atoms with Crippen LogP contribution in [0.4, 0.5) is 9.18 Å². The number of halogens is 1. The molecule has 3 aromatic rings. The van der Waals surface area contributed by atoms with Crippen LogP contribution in [-0.2, 0) is 6.42 Å². The highest BCUT2D eigenvalue weighted by molar-refractivity contribution is 7.99. The lowest BCUT2D eigenvalue weighted by molar-refractivity contribution is 0.246.